The number of fused-ring (bicyclic) bond motifs is 1. The number of hydrogen-bond donors (Lipinski definition) is 1. The molecule has 4 aromatic rings. The topological polar surface area (TPSA) is 81.8 Å². The summed E-state index contributed by atoms with van der Waals surface area (Å²) < 4.78 is 16.8. The van der Waals surface area contributed by atoms with Crippen molar-refractivity contribution in [3.63, 3.8) is 0 Å². The van der Waals surface area contributed by atoms with Gasteiger partial charge in [0.05, 0.1) is 12.7 Å². The van der Waals surface area contributed by atoms with E-state index in [1.165, 1.54) is 0 Å². The van der Waals surface area contributed by atoms with Crippen molar-refractivity contribution in [3.05, 3.63) is 77.3 Å². The second kappa shape index (κ2) is 7.85. The second-order valence-corrected chi connectivity index (χ2v) is 6.67. The number of methoxy groups -OCH3 is 1. The third-order valence-electron chi connectivity index (χ3n) is 4.35. The summed E-state index contributed by atoms with van der Waals surface area (Å²) in [6.45, 7) is 0. The lowest BCUT2D eigenvalue weighted by molar-refractivity contribution is -0.145. The van der Waals surface area contributed by atoms with E-state index in [2.05, 4.69) is 4.98 Å². The fraction of sp³-hybridized carbons (Fsp3) is 0.0909. The number of carbonyl (C=O) groups is 1. The first-order valence-corrected chi connectivity index (χ1v) is 9.12. The molecule has 0 aliphatic carbocycles. The molecule has 1 heterocycles. The van der Waals surface area contributed by atoms with E-state index in [0.29, 0.717) is 44.6 Å². The number of rotatable bonds is 6. The molecule has 1 atom stereocenters. The number of oxazole rings is 1. The maximum atomic E-state index is 11.9. The zero-order valence-electron chi connectivity index (χ0n) is 15.3. The molecule has 1 unspecified atom stereocenters. The van der Waals surface area contributed by atoms with Gasteiger partial charge in [-0.05, 0) is 42.5 Å². The monoisotopic (exact) mass is 409 g/mol. The Kier molecular flexibility index (Phi) is 5.10. The number of nitrogens with zero attached hydrogens (tertiary/aromatic N) is 1. The van der Waals surface area contributed by atoms with Gasteiger partial charge in [-0.3, -0.25) is 0 Å². The summed E-state index contributed by atoms with van der Waals surface area (Å²) in [7, 11) is 1.54. The van der Waals surface area contributed by atoms with Gasteiger partial charge in [-0.15, -0.1) is 0 Å². The van der Waals surface area contributed by atoms with Crippen LogP contribution < -0.4 is 9.47 Å². The fourth-order valence-corrected chi connectivity index (χ4v) is 3.10. The average Bonchev–Trinajstić information content (AvgIpc) is 3.17. The van der Waals surface area contributed by atoms with Crippen molar-refractivity contribution in [2.45, 2.75) is 6.10 Å². The third kappa shape index (κ3) is 3.88. The Morgan fingerprint density at radius 1 is 1.10 bits per heavy atom. The molecule has 7 heteroatoms. The highest BCUT2D eigenvalue weighted by Crippen LogP contribution is 2.36. The van der Waals surface area contributed by atoms with Crippen LogP contribution in [0, 0.1) is 0 Å². The Labute approximate surface area is 171 Å². The lowest BCUT2D eigenvalue weighted by atomic mass is 10.1. The van der Waals surface area contributed by atoms with Crippen LogP contribution in [0.15, 0.2) is 71.1 Å². The molecule has 0 spiro atoms. The van der Waals surface area contributed by atoms with Gasteiger partial charge < -0.3 is 19.0 Å². The van der Waals surface area contributed by atoms with E-state index in [1.54, 1.807) is 55.6 Å². The quantitative estimate of drug-likeness (QED) is 0.461. The van der Waals surface area contributed by atoms with Gasteiger partial charge in [0.25, 0.3) is 0 Å². The minimum Gasteiger partial charge on any atom is -0.497 e. The van der Waals surface area contributed by atoms with Crippen LogP contribution in [0.5, 0.6) is 11.5 Å². The lowest BCUT2D eigenvalue weighted by Crippen LogP contribution is -2.18. The van der Waals surface area contributed by atoms with Crippen LogP contribution in [-0.4, -0.2) is 23.2 Å². The van der Waals surface area contributed by atoms with Gasteiger partial charge in [0, 0.05) is 10.6 Å². The van der Waals surface area contributed by atoms with E-state index < -0.39 is 12.1 Å². The number of aliphatic carboxylic acids is 1. The fourth-order valence-electron chi connectivity index (χ4n) is 2.93. The highest BCUT2D eigenvalue weighted by molar-refractivity contribution is 6.30. The Bertz CT molecular complexity index is 1140. The Balaban J connectivity index is 1.74. The molecular weight excluding hydrogens is 394 g/mol. The van der Waals surface area contributed by atoms with E-state index >= 15 is 0 Å². The number of carboxylic acid groups (broad SMARTS) is 1. The van der Waals surface area contributed by atoms with Crippen LogP contribution in [0.1, 0.15) is 11.7 Å². The number of ether oxygens (including phenoxy) is 2. The van der Waals surface area contributed by atoms with Crippen molar-refractivity contribution in [1.82, 2.24) is 4.98 Å². The van der Waals surface area contributed by atoms with Gasteiger partial charge in [-0.1, -0.05) is 35.9 Å². The van der Waals surface area contributed by atoms with Crippen LogP contribution in [0.4, 0.5) is 0 Å². The Morgan fingerprint density at radius 2 is 1.86 bits per heavy atom. The molecule has 0 fully saturated rings. The standard InChI is InChI=1S/C22H16ClNO5/c1-27-15-9-6-13(7-10-15)20(22(25)26)28-18-11-8-14(23)12-16(18)21-24-17-4-2-3-5-19(17)29-21/h2-12,20H,1H3,(H,25,26). The van der Waals surface area contributed by atoms with Crippen LogP contribution >= 0.6 is 11.6 Å². The summed E-state index contributed by atoms with van der Waals surface area (Å²) in [5.74, 6) is 0.0805. The third-order valence-corrected chi connectivity index (χ3v) is 4.59. The number of para-hydroxylation sites is 2. The normalized spacial score (nSPS) is 11.9. The molecule has 4 rings (SSSR count). The SMILES string of the molecule is COc1ccc(C(Oc2ccc(Cl)cc2-c2nc3ccccc3o2)C(=O)O)cc1. The summed E-state index contributed by atoms with van der Waals surface area (Å²) >= 11 is 6.16. The van der Waals surface area contributed by atoms with Crippen molar-refractivity contribution in [2.24, 2.45) is 0 Å². The van der Waals surface area contributed by atoms with E-state index in [-0.39, 0.29) is 0 Å². The van der Waals surface area contributed by atoms with Gasteiger partial charge in [0.2, 0.25) is 12.0 Å². The van der Waals surface area contributed by atoms with Crippen LogP contribution in [0.2, 0.25) is 5.02 Å². The first kappa shape index (κ1) is 18.8. The average molecular weight is 410 g/mol. The predicted molar refractivity (Wildman–Crippen MR) is 108 cm³/mol. The van der Waals surface area contributed by atoms with Crippen molar-refractivity contribution >= 4 is 28.7 Å². The zero-order valence-corrected chi connectivity index (χ0v) is 16.1. The van der Waals surface area contributed by atoms with Crippen LogP contribution in [-0.2, 0) is 4.79 Å². The largest absolute Gasteiger partial charge is 0.497 e. The highest BCUT2D eigenvalue weighted by Gasteiger charge is 2.25. The Morgan fingerprint density at radius 3 is 2.55 bits per heavy atom. The highest BCUT2D eigenvalue weighted by atomic mass is 35.5. The van der Waals surface area contributed by atoms with Crippen molar-refractivity contribution in [2.75, 3.05) is 7.11 Å². The van der Waals surface area contributed by atoms with E-state index in [1.807, 2.05) is 18.2 Å². The van der Waals surface area contributed by atoms with Gasteiger partial charge in [0.15, 0.2) is 5.58 Å². The molecular formula is C22H16ClNO5. The van der Waals surface area contributed by atoms with Crippen LogP contribution in [0.25, 0.3) is 22.6 Å². The molecule has 1 aromatic heterocycles. The molecule has 0 aliphatic rings. The van der Waals surface area contributed by atoms with Gasteiger partial charge in [-0.2, -0.15) is 0 Å². The maximum absolute atomic E-state index is 11.9. The summed E-state index contributed by atoms with van der Waals surface area (Å²) in [6.07, 6.45) is -1.23. The summed E-state index contributed by atoms with van der Waals surface area (Å²) in [5, 5.41) is 10.2. The molecule has 0 saturated heterocycles. The van der Waals surface area contributed by atoms with Crippen molar-refractivity contribution in [1.29, 1.82) is 0 Å². The van der Waals surface area contributed by atoms with Crippen LogP contribution in [0.3, 0.4) is 0 Å². The first-order chi connectivity index (χ1) is 14.0. The predicted octanol–water partition coefficient (Wildman–Crippen LogP) is 5.36. The summed E-state index contributed by atoms with van der Waals surface area (Å²) in [5.41, 5.74) is 2.22. The number of carboxylic acids is 1. The summed E-state index contributed by atoms with van der Waals surface area (Å²) in [4.78, 5) is 16.4. The van der Waals surface area contributed by atoms with Gasteiger partial charge >= 0.3 is 5.97 Å². The molecule has 29 heavy (non-hydrogen) atoms. The van der Waals surface area contributed by atoms with E-state index in [0.717, 1.165) is 0 Å². The molecule has 0 radical (unpaired) electrons. The van der Waals surface area contributed by atoms with Crippen molar-refractivity contribution < 1.29 is 23.8 Å². The van der Waals surface area contributed by atoms with E-state index in [9.17, 15) is 9.90 Å². The minimum atomic E-state index is -1.23. The lowest BCUT2D eigenvalue weighted by Gasteiger charge is -2.17. The summed E-state index contributed by atoms with van der Waals surface area (Å²) in [6, 6.07) is 18.8. The maximum Gasteiger partial charge on any atom is 0.349 e. The van der Waals surface area contributed by atoms with Gasteiger partial charge in [-0.25, -0.2) is 9.78 Å². The van der Waals surface area contributed by atoms with E-state index in [4.69, 9.17) is 25.5 Å². The Hall–Kier alpha value is -3.51. The molecule has 0 bridgehead atoms. The number of hydrogen-bond acceptors (Lipinski definition) is 5. The number of halogens is 1. The number of aromatic nitrogens is 1. The second-order valence-electron chi connectivity index (χ2n) is 6.24. The molecule has 0 saturated carbocycles. The minimum absolute atomic E-state index is 0.294. The first-order valence-electron chi connectivity index (χ1n) is 8.74. The molecule has 6 nitrogen and oxygen atoms in total. The number of benzene rings is 3. The van der Waals surface area contributed by atoms with Crippen molar-refractivity contribution in [3.8, 4) is 23.0 Å². The molecule has 0 aliphatic heterocycles. The van der Waals surface area contributed by atoms with Gasteiger partial charge in [0.1, 0.15) is 17.0 Å². The molecule has 146 valence electrons. The molecule has 3 aromatic carbocycles. The molecule has 1 N–H and O–H groups in total. The molecule has 0 amide bonds. The smallest absolute Gasteiger partial charge is 0.349 e. The zero-order chi connectivity index (χ0) is 20.4.